The quantitative estimate of drug-likeness (QED) is 0.628. The Morgan fingerprint density at radius 1 is 1.29 bits per heavy atom. The summed E-state index contributed by atoms with van der Waals surface area (Å²) in [6, 6.07) is 4.76. The van der Waals surface area contributed by atoms with Crippen molar-refractivity contribution in [2.45, 2.75) is 12.5 Å². The molecule has 0 saturated heterocycles. The zero-order valence-electron chi connectivity index (χ0n) is 11.8. The average Bonchev–Trinajstić information content (AvgIpc) is 2.45. The molecule has 0 radical (unpaired) electrons. The maximum absolute atomic E-state index is 12.8. The number of hydrogen-bond acceptors (Lipinski definition) is 4. The van der Waals surface area contributed by atoms with E-state index in [1.54, 1.807) is 0 Å². The highest BCUT2D eigenvalue weighted by atomic mass is 19.1. The first kappa shape index (κ1) is 17.1. The van der Waals surface area contributed by atoms with Crippen molar-refractivity contribution in [3.05, 3.63) is 35.6 Å². The first-order valence-electron chi connectivity index (χ1n) is 6.42. The van der Waals surface area contributed by atoms with E-state index < -0.39 is 17.9 Å². The minimum absolute atomic E-state index is 0.184. The molecular weight excluding hydrogens is 279 g/mol. The van der Waals surface area contributed by atoms with Crippen molar-refractivity contribution in [2.24, 2.45) is 5.73 Å². The summed E-state index contributed by atoms with van der Waals surface area (Å²) in [5.74, 6) is -1.48. The molecule has 1 aromatic carbocycles. The van der Waals surface area contributed by atoms with Gasteiger partial charge in [0.05, 0.1) is 13.2 Å². The minimum atomic E-state index is -0.867. The third kappa shape index (κ3) is 6.82. The fourth-order valence-corrected chi connectivity index (χ4v) is 1.62. The number of carbonyl (C=O) groups is 2. The Balaban J connectivity index is 2.48. The van der Waals surface area contributed by atoms with Crippen molar-refractivity contribution in [1.29, 1.82) is 0 Å². The fourth-order valence-electron chi connectivity index (χ4n) is 1.62. The van der Waals surface area contributed by atoms with E-state index in [1.807, 2.05) is 0 Å². The highest BCUT2D eigenvalue weighted by Crippen LogP contribution is 2.06. The summed E-state index contributed by atoms with van der Waals surface area (Å²) < 4.78 is 22.6. The lowest BCUT2D eigenvalue weighted by Gasteiger charge is -2.15. The number of ether oxygens (including phenoxy) is 2. The van der Waals surface area contributed by atoms with Gasteiger partial charge in [0.2, 0.25) is 11.8 Å². The number of benzene rings is 1. The molecule has 0 bridgehead atoms. The Morgan fingerprint density at radius 3 is 2.52 bits per heavy atom. The van der Waals surface area contributed by atoms with Crippen LogP contribution in [0, 0.1) is 5.82 Å². The van der Waals surface area contributed by atoms with Crippen LogP contribution >= 0.6 is 0 Å². The van der Waals surface area contributed by atoms with Gasteiger partial charge in [0.25, 0.3) is 0 Å². The Hall–Kier alpha value is -1.99. The topological polar surface area (TPSA) is 90.7 Å². The van der Waals surface area contributed by atoms with E-state index in [4.69, 9.17) is 15.2 Å². The second kappa shape index (κ2) is 9.04. The summed E-state index contributed by atoms with van der Waals surface area (Å²) in [5, 5.41) is 2.48. The van der Waals surface area contributed by atoms with Crippen molar-refractivity contribution >= 4 is 11.8 Å². The van der Waals surface area contributed by atoms with Crippen molar-refractivity contribution in [3.8, 4) is 0 Å². The second-order valence-electron chi connectivity index (χ2n) is 4.40. The van der Waals surface area contributed by atoms with E-state index in [0.717, 1.165) is 0 Å². The lowest BCUT2D eigenvalue weighted by atomic mass is 10.1. The van der Waals surface area contributed by atoms with Gasteiger partial charge in [0, 0.05) is 13.5 Å². The van der Waals surface area contributed by atoms with Crippen LogP contribution in [-0.2, 0) is 25.5 Å². The lowest BCUT2D eigenvalue weighted by Crippen LogP contribution is -2.47. The molecule has 1 rings (SSSR count). The van der Waals surface area contributed by atoms with Gasteiger partial charge in [-0.2, -0.15) is 0 Å². The molecule has 0 spiro atoms. The van der Waals surface area contributed by atoms with Crippen LogP contribution < -0.4 is 11.1 Å². The summed E-state index contributed by atoms with van der Waals surface area (Å²) in [4.78, 5) is 23.0. The molecule has 0 aliphatic heterocycles. The van der Waals surface area contributed by atoms with Gasteiger partial charge in [0.1, 0.15) is 18.5 Å². The van der Waals surface area contributed by atoms with Crippen LogP contribution in [0.3, 0.4) is 0 Å². The van der Waals surface area contributed by atoms with Crippen LogP contribution in [0.25, 0.3) is 0 Å². The molecule has 0 aliphatic rings. The van der Waals surface area contributed by atoms with Crippen molar-refractivity contribution in [3.63, 3.8) is 0 Å². The molecule has 0 heterocycles. The van der Waals surface area contributed by atoms with Crippen LogP contribution in [-0.4, -0.2) is 44.8 Å². The largest absolute Gasteiger partial charge is 0.382 e. The number of nitrogens with one attached hydrogen (secondary N) is 1. The van der Waals surface area contributed by atoms with Gasteiger partial charge in [-0.15, -0.1) is 0 Å². The molecule has 1 atom stereocenters. The Morgan fingerprint density at radius 2 is 1.95 bits per heavy atom. The number of methoxy groups -OCH3 is 1. The third-order valence-corrected chi connectivity index (χ3v) is 2.70. The minimum Gasteiger partial charge on any atom is -0.382 e. The van der Waals surface area contributed by atoms with Gasteiger partial charge < -0.3 is 20.5 Å². The van der Waals surface area contributed by atoms with Gasteiger partial charge in [-0.1, -0.05) is 12.1 Å². The fraction of sp³-hybridized carbons (Fsp3) is 0.429. The maximum atomic E-state index is 12.8. The van der Waals surface area contributed by atoms with E-state index in [9.17, 15) is 14.0 Å². The number of nitrogens with two attached hydrogens (primary N) is 1. The van der Waals surface area contributed by atoms with Crippen LogP contribution in [0.15, 0.2) is 24.3 Å². The summed E-state index contributed by atoms with van der Waals surface area (Å²) >= 11 is 0. The molecule has 0 saturated carbocycles. The predicted octanol–water partition coefficient (Wildman–Crippen LogP) is 0.00130. The summed E-state index contributed by atoms with van der Waals surface area (Å²) in [6.07, 6.45) is 0.194. The molecule has 2 amide bonds. The number of amides is 2. The van der Waals surface area contributed by atoms with Gasteiger partial charge in [-0.05, 0) is 17.7 Å². The monoisotopic (exact) mass is 298 g/mol. The summed E-state index contributed by atoms with van der Waals surface area (Å²) in [5.41, 5.74) is 5.95. The summed E-state index contributed by atoms with van der Waals surface area (Å²) in [7, 11) is 1.52. The normalized spacial score (nSPS) is 11.9. The first-order valence-corrected chi connectivity index (χ1v) is 6.42. The SMILES string of the molecule is COCCOCC(=O)N[C@H](Cc1ccc(F)cc1)C(N)=O. The smallest absolute Gasteiger partial charge is 0.246 e. The number of halogens is 1. The van der Waals surface area contributed by atoms with Gasteiger partial charge in [-0.25, -0.2) is 4.39 Å². The second-order valence-corrected chi connectivity index (χ2v) is 4.40. The van der Waals surface area contributed by atoms with E-state index in [-0.39, 0.29) is 25.5 Å². The number of hydrogen-bond donors (Lipinski definition) is 2. The Labute approximate surface area is 122 Å². The van der Waals surface area contributed by atoms with Gasteiger partial charge in [-0.3, -0.25) is 9.59 Å². The molecular formula is C14H19FN2O4. The lowest BCUT2D eigenvalue weighted by molar-refractivity contribution is -0.130. The Kier molecular flexibility index (Phi) is 7.34. The van der Waals surface area contributed by atoms with E-state index in [0.29, 0.717) is 12.2 Å². The van der Waals surface area contributed by atoms with Crippen LogP contribution in [0.5, 0.6) is 0 Å². The van der Waals surface area contributed by atoms with Crippen molar-refractivity contribution in [1.82, 2.24) is 5.32 Å². The molecule has 6 nitrogen and oxygen atoms in total. The predicted molar refractivity (Wildman–Crippen MR) is 73.9 cm³/mol. The van der Waals surface area contributed by atoms with Crippen LogP contribution in [0.2, 0.25) is 0 Å². The van der Waals surface area contributed by atoms with E-state index in [2.05, 4.69) is 5.32 Å². The zero-order chi connectivity index (χ0) is 15.7. The molecule has 0 unspecified atom stereocenters. The van der Waals surface area contributed by atoms with Gasteiger partial charge >= 0.3 is 0 Å². The molecule has 21 heavy (non-hydrogen) atoms. The van der Waals surface area contributed by atoms with Crippen molar-refractivity contribution in [2.75, 3.05) is 26.9 Å². The molecule has 1 aromatic rings. The van der Waals surface area contributed by atoms with Gasteiger partial charge in [0.15, 0.2) is 0 Å². The highest BCUT2D eigenvalue weighted by Gasteiger charge is 2.18. The van der Waals surface area contributed by atoms with E-state index in [1.165, 1.54) is 31.4 Å². The molecule has 7 heteroatoms. The molecule has 116 valence electrons. The summed E-state index contributed by atoms with van der Waals surface area (Å²) in [6.45, 7) is 0.474. The average molecular weight is 298 g/mol. The van der Waals surface area contributed by atoms with Crippen LogP contribution in [0.1, 0.15) is 5.56 Å². The van der Waals surface area contributed by atoms with Crippen molar-refractivity contribution < 1.29 is 23.5 Å². The van der Waals surface area contributed by atoms with E-state index >= 15 is 0 Å². The molecule has 0 fully saturated rings. The molecule has 0 aromatic heterocycles. The number of carbonyl (C=O) groups excluding carboxylic acids is 2. The molecule has 0 aliphatic carbocycles. The maximum Gasteiger partial charge on any atom is 0.246 e. The molecule has 3 N–H and O–H groups in total. The number of rotatable bonds is 9. The first-order chi connectivity index (χ1) is 10.0. The highest BCUT2D eigenvalue weighted by molar-refractivity contribution is 5.87. The van der Waals surface area contributed by atoms with Crippen LogP contribution in [0.4, 0.5) is 4.39 Å². The Bertz CT molecular complexity index is 465. The zero-order valence-corrected chi connectivity index (χ0v) is 11.8. The standard InChI is InChI=1S/C14H19FN2O4/c1-20-6-7-21-9-13(18)17-12(14(16)19)8-10-2-4-11(15)5-3-10/h2-5,12H,6-9H2,1H3,(H2,16,19)(H,17,18)/t12-/m1/s1. The third-order valence-electron chi connectivity index (χ3n) is 2.70. The number of primary amides is 1.